The SMILES string of the molecule is O=c1ccc(-c2cnc(OCC(F)(F)F)nc2)nn1CCC1CC1. The van der Waals surface area contributed by atoms with Crippen molar-refractivity contribution in [1.29, 1.82) is 0 Å². The molecule has 6 nitrogen and oxygen atoms in total. The van der Waals surface area contributed by atoms with Crippen molar-refractivity contribution in [3.05, 3.63) is 34.9 Å². The number of hydrogen-bond donors (Lipinski definition) is 0. The molecule has 0 radical (unpaired) electrons. The quantitative estimate of drug-likeness (QED) is 0.808. The highest BCUT2D eigenvalue weighted by atomic mass is 19.4. The van der Waals surface area contributed by atoms with Crippen LogP contribution in [0.1, 0.15) is 19.3 Å². The average Bonchev–Trinajstić information content (AvgIpc) is 3.36. The van der Waals surface area contributed by atoms with Gasteiger partial charge < -0.3 is 4.74 Å². The summed E-state index contributed by atoms with van der Waals surface area (Å²) >= 11 is 0. The van der Waals surface area contributed by atoms with Crippen molar-refractivity contribution in [1.82, 2.24) is 19.7 Å². The summed E-state index contributed by atoms with van der Waals surface area (Å²) in [5.74, 6) is 0.677. The standard InChI is InChI=1S/C15H15F3N4O2/c16-15(17,18)9-24-14-19-7-11(8-20-14)12-3-4-13(23)22(21-12)6-5-10-1-2-10/h3-4,7-8,10H,1-2,5-6,9H2. The number of aromatic nitrogens is 4. The molecule has 24 heavy (non-hydrogen) atoms. The molecule has 1 fully saturated rings. The minimum atomic E-state index is -4.44. The molecule has 0 unspecified atom stereocenters. The highest BCUT2D eigenvalue weighted by Crippen LogP contribution is 2.32. The Morgan fingerprint density at radius 3 is 2.54 bits per heavy atom. The largest absolute Gasteiger partial charge is 0.454 e. The molecule has 0 aromatic carbocycles. The van der Waals surface area contributed by atoms with Gasteiger partial charge in [0.2, 0.25) is 0 Å². The zero-order valence-corrected chi connectivity index (χ0v) is 12.7. The maximum atomic E-state index is 12.1. The number of alkyl halides is 3. The number of hydrogen-bond acceptors (Lipinski definition) is 5. The Labute approximate surface area is 135 Å². The number of rotatable bonds is 6. The summed E-state index contributed by atoms with van der Waals surface area (Å²) in [6, 6.07) is 2.58. The number of aryl methyl sites for hydroxylation is 1. The molecule has 9 heteroatoms. The molecule has 2 aromatic rings. The summed E-state index contributed by atoms with van der Waals surface area (Å²) < 4.78 is 42.1. The second-order valence-corrected chi connectivity index (χ2v) is 5.67. The molecule has 1 saturated carbocycles. The van der Waals surface area contributed by atoms with Crippen LogP contribution in [0.25, 0.3) is 11.3 Å². The maximum Gasteiger partial charge on any atom is 0.422 e. The van der Waals surface area contributed by atoms with Crippen molar-refractivity contribution >= 4 is 0 Å². The van der Waals surface area contributed by atoms with Crippen molar-refractivity contribution < 1.29 is 17.9 Å². The zero-order valence-electron chi connectivity index (χ0n) is 12.7. The third-order valence-electron chi connectivity index (χ3n) is 3.60. The van der Waals surface area contributed by atoms with E-state index >= 15 is 0 Å². The van der Waals surface area contributed by atoms with E-state index in [-0.39, 0.29) is 11.6 Å². The van der Waals surface area contributed by atoms with Crippen molar-refractivity contribution in [3.8, 4) is 17.3 Å². The van der Waals surface area contributed by atoms with E-state index < -0.39 is 12.8 Å². The van der Waals surface area contributed by atoms with E-state index in [0.717, 1.165) is 6.42 Å². The molecule has 2 aromatic heterocycles. The Morgan fingerprint density at radius 2 is 1.92 bits per heavy atom. The Morgan fingerprint density at radius 1 is 1.21 bits per heavy atom. The van der Waals surface area contributed by atoms with Gasteiger partial charge in [-0.1, -0.05) is 12.8 Å². The summed E-state index contributed by atoms with van der Waals surface area (Å²) in [4.78, 5) is 19.3. The third kappa shape index (κ3) is 4.53. The number of ether oxygens (including phenoxy) is 1. The van der Waals surface area contributed by atoms with Gasteiger partial charge in [-0.25, -0.2) is 14.6 Å². The van der Waals surface area contributed by atoms with Gasteiger partial charge in [-0.15, -0.1) is 0 Å². The zero-order chi connectivity index (χ0) is 17.2. The molecule has 128 valence electrons. The molecule has 2 heterocycles. The Kier molecular flexibility index (Phi) is 4.50. The van der Waals surface area contributed by atoms with Crippen LogP contribution in [0.15, 0.2) is 29.3 Å². The topological polar surface area (TPSA) is 69.9 Å². The molecule has 0 amide bonds. The van der Waals surface area contributed by atoms with Gasteiger partial charge >= 0.3 is 12.2 Å². The van der Waals surface area contributed by atoms with Gasteiger partial charge in [-0.3, -0.25) is 4.79 Å². The summed E-state index contributed by atoms with van der Waals surface area (Å²) in [5.41, 5.74) is 0.785. The number of halogens is 3. The lowest BCUT2D eigenvalue weighted by Gasteiger charge is -2.08. The highest BCUT2D eigenvalue weighted by Gasteiger charge is 2.29. The monoisotopic (exact) mass is 340 g/mol. The average molecular weight is 340 g/mol. The predicted molar refractivity (Wildman–Crippen MR) is 78.4 cm³/mol. The summed E-state index contributed by atoms with van der Waals surface area (Å²) in [5, 5.41) is 4.26. The van der Waals surface area contributed by atoms with Crippen LogP contribution in [0.5, 0.6) is 6.01 Å². The van der Waals surface area contributed by atoms with Gasteiger partial charge in [-0.05, 0) is 18.4 Å². The van der Waals surface area contributed by atoms with Crippen LogP contribution in [0.4, 0.5) is 13.2 Å². The predicted octanol–water partition coefficient (Wildman–Crippen LogP) is 2.44. The first-order chi connectivity index (χ1) is 11.4. The molecule has 0 spiro atoms. The molecular weight excluding hydrogens is 325 g/mol. The smallest absolute Gasteiger partial charge is 0.422 e. The Hall–Kier alpha value is -2.45. The van der Waals surface area contributed by atoms with E-state index in [9.17, 15) is 18.0 Å². The van der Waals surface area contributed by atoms with Crippen LogP contribution >= 0.6 is 0 Å². The fraction of sp³-hybridized carbons (Fsp3) is 0.467. The van der Waals surface area contributed by atoms with Crippen LogP contribution in [-0.2, 0) is 6.54 Å². The lowest BCUT2D eigenvalue weighted by molar-refractivity contribution is -0.154. The number of nitrogens with zero attached hydrogens (tertiary/aromatic N) is 4. The van der Waals surface area contributed by atoms with Gasteiger partial charge in [0.1, 0.15) is 0 Å². The van der Waals surface area contributed by atoms with Crippen LogP contribution in [0.2, 0.25) is 0 Å². The minimum absolute atomic E-state index is 0.189. The van der Waals surface area contributed by atoms with Crippen molar-refractivity contribution in [2.24, 2.45) is 5.92 Å². The van der Waals surface area contributed by atoms with Crippen LogP contribution in [-0.4, -0.2) is 32.5 Å². The van der Waals surface area contributed by atoms with E-state index in [1.54, 1.807) is 0 Å². The van der Waals surface area contributed by atoms with Gasteiger partial charge in [0.05, 0.1) is 5.69 Å². The van der Waals surface area contributed by atoms with Gasteiger partial charge in [-0.2, -0.15) is 18.3 Å². The van der Waals surface area contributed by atoms with Crippen molar-refractivity contribution in [2.45, 2.75) is 32.0 Å². The molecular formula is C15H15F3N4O2. The van der Waals surface area contributed by atoms with Gasteiger partial charge in [0.15, 0.2) is 6.61 Å². The van der Waals surface area contributed by atoms with E-state index in [2.05, 4.69) is 19.8 Å². The van der Waals surface area contributed by atoms with Crippen LogP contribution in [0, 0.1) is 5.92 Å². The first kappa shape index (κ1) is 16.4. The van der Waals surface area contributed by atoms with E-state index in [1.807, 2.05) is 0 Å². The minimum Gasteiger partial charge on any atom is -0.454 e. The van der Waals surface area contributed by atoms with Crippen LogP contribution in [0.3, 0.4) is 0 Å². The first-order valence-corrected chi connectivity index (χ1v) is 7.51. The lowest BCUT2D eigenvalue weighted by atomic mass is 10.2. The van der Waals surface area contributed by atoms with Crippen molar-refractivity contribution in [3.63, 3.8) is 0 Å². The van der Waals surface area contributed by atoms with Gasteiger partial charge in [0.25, 0.3) is 5.56 Å². The summed E-state index contributed by atoms with van der Waals surface area (Å²) in [7, 11) is 0. The molecule has 3 rings (SSSR count). The fourth-order valence-corrected chi connectivity index (χ4v) is 2.14. The maximum absolute atomic E-state index is 12.1. The Bertz CT molecular complexity index is 755. The van der Waals surface area contributed by atoms with E-state index in [1.165, 1.54) is 42.0 Å². The lowest BCUT2D eigenvalue weighted by Crippen LogP contribution is -2.22. The van der Waals surface area contributed by atoms with Crippen LogP contribution < -0.4 is 10.3 Å². The summed E-state index contributed by atoms with van der Waals surface area (Å²) in [6.45, 7) is -0.901. The normalized spacial score (nSPS) is 14.6. The van der Waals surface area contributed by atoms with Crippen molar-refractivity contribution in [2.75, 3.05) is 6.61 Å². The molecule has 1 aliphatic rings. The van der Waals surface area contributed by atoms with E-state index in [0.29, 0.717) is 23.7 Å². The molecule has 1 aliphatic carbocycles. The first-order valence-electron chi connectivity index (χ1n) is 7.51. The molecule has 0 bridgehead atoms. The summed E-state index contributed by atoms with van der Waals surface area (Å²) in [6.07, 6.45) is 1.49. The molecule has 0 atom stereocenters. The Balaban J connectivity index is 1.71. The highest BCUT2D eigenvalue weighted by molar-refractivity contribution is 5.55. The molecule has 0 saturated heterocycles. The van der Waals surface area contributed by atoms with E-state index in [4.69, 9.17) is 0 Å². The second-order valence-electron chi connectivity index (χ2n) is 5.67. The van der Waals surface area contributed by atoms with Gasteiger partial charge in [0, 0.05) is 30.6 Å². The fourth-order valence-electron chi connectivity index (χ4n) is 2.14. The second kappa shape index (κ2) is 6.58. The molecule has 0 N–H and O–H groups in total. The molecule has 0 aliphatic heterocycles. The third-order valence-corrected chi connectivity index (χ3v) is 3.60.